The minimum absolute atomic E-state index is 0.00732. The number of carbonyl (C=O) groups excluding carboxylic acids is 1. The Labute approximate surface area is 123 Å². The van der Waals surface area contributed by atoms with E-state index in [2.05, 4.69) is 10.5 Å². The third-order valence-corrected chi connectivity index (χ3v) is 3.49. The van der Waals surface area contributed by atoms with Gasteiger partial charge in [0.1, 0.15) is 0 Å². The van der Waals surface area contributed by atoms with Crippen molar-refractivity contribution in [2.45, 2.75) is 6.10 Å². The molecule has 1 heterocycles. The van der Waals surface area contributed by atoms with Gasteiger partial charge in [0.25, 0.3) is 5.91 Å². The van der Waals surface area contributed by atoms with Crippen molar-refractivity contribution in [3.05, 3.63) is 63.0 Å². The number of hydrazone groups is 1. The molecule has 2 rings (SSSR count). The molecule has 0 radical (unpaired) electrons. The second kappa shape index (κ2) is 6.73. The molecule has 7 nitrogen and oxygen atoms in total. The summed E-state index contributed by atoms with van der Waals surface area (Å²) in [5.41, 5.74) is 2.64. The molecule has 0 spiro atoms. The maximum Gasteiger partial charge on any atom is 0.324 e. The number of hydrogen-bond acceptors (Lipinski definition) is 6. The molecule has 0 saturated carbocycles. The molecular formula is C13H11N3O4S. The van der Waals surface area contributed by atoms with Gasteiger partial charge in [-0.2, -0.15) is 5.10 Å². The van der Waals surface area contributed by atoms with Gasteiger partial charge in [0.15, 0.2) is 6.10 Å². The Hall–Kier alpha value is -2.58. The lowest BCUT2D eigenvalue weighted by molar-refractivity contribution is -0.380. The average molecular weight is 305 g/mol. The van der Waals surface area contributed by atoms with Gasteiger partial charge >= 0.3 is 5.00 Å². The van der Waals surface area contributed by atoms with Gasteiger partial charge in [-0.1, -0.05) is 41.7 Å². The quantitative estimate of drug-likeness (QED) is 0.499. The highest BCUT2D eigenvalue weighted by molar-refractivity contribution is 7.16. The van der Waals surface area contributed by atoms with Gasteiger partial charge in [-0.25, -0.2) is 5.43 Å². The minimum atomic E-state index is -1.32. The molecule has 21 heavy (non-hydrogen) atoms. The number of aliphatic hydroxyl groups excluding tert-OH is 1. The van der Waals surface area contributed by atoms with Crippen LogP contribution in [0.1, 0.15) is 16.5 Å². The molecule has 0 aliphatic rings. The van der Waals surface area contributed by atoms with E-state index in [1.54, 1.807) is 30.3 Å². The Bertz CT molecular complexity index is 669. The summed E-state index contributed by atoms with van der Waals surface area (Å²) >= 11 is 0.935. The highest BCUT2D eigenvalue weighted by Gasteiger charge is 2.16. The van der Waals surface area contributed by atoms with E-state index in [-0.39, 0.29) is 5.00 Å². The van der Waals surface area contributed by atoms with Crippen LogP contribution in [0.25, 0.3) is 0 Å². The van der Waals surface area contributed by atoms with Crippen LogP contribution in [0.5, 0.6) is 0 Å². The van der Waals surface area contributed by atoms with Gasteiger partial charge in [0, 0.05) is 6.07 Å². The third-order valence-electron chi connectivity index (χ3n) is 2.52. The molecule has 0 fully saturated rings. The fraction of sp³-hybridized carbons (Fsp3) is 0.0769. The summed E-state index contributed by atoms with van der Waals surface area (Å²) in [7, 11) is 0. The Morgan fingerprint density at radius 2 is 2.05 bits per heavy atom. The number of benzene rings is 1. The first-order valence-corrected chi connectivity index (χ1v) is 6.70. The topological polar surface area (TPSA) is 105 Å². The lowest BCUT2D eigenvalue weighted by atomic mass is 10.1. The van der Waals surface area contributed by atoms with Crippen molar-refractivity contribution >= 4 is 28.5 Å². The molecule has 0 aliphatic carbocycles. The number of amides is 1. The van der Waals surface area contributed by atoms with Crippen molar-refractivity contribution in [1.29, 1.82) is 0 Å². The third kappa shape index (κ3) is 3.94. The Kier molecular flexibility index (Phi) is 4.75. The molecule has 1 amide bonds. The highest BCUT2D eigenvalue weighted by atomic mass is 32.1. The molecule has 2 aromatic rings. The highest BCUT2D eigenvalue weighted by Crippen LogP contribution is 2.22. The number of nitro groups is 1. The molecule has 0 saturated heterocycles. The summed E-state index contributed by atoms with van der Waals surface area (Å²) in [5.74, 6) is -0.677. The average Bonchev–Trinajstić information content (AvgIpc) is 2.96. The van der Waals surface area contributed by atoms with Crippen LogP contribution in [0.4, 0.5) is 5.00 Å². The van der Waals surface area contributed by atoms with E-state index < -0.39 is 16.9 Å². The zero-order valence-corrected chi connectivity index (χ0v) is 11.5. The maximum absolute atomic E-state index is 11.7. The zero-order valence-electron chi connectivity index (χ0n) is 10.7. The second-order valence-electron chi connectivity index (χ2n) is 3.98. The van der Waals surface area contributed by atoms with Gasteiger partial charge in [-0.15, -0.1) is 0 Å². The van der Waals surface area contributed by atoms with Crippen LogP contribution < -0.4 is 5.43 Å². The van der Waals surface area contributed by atoms with Gasteiger partial charge in [-0.3, -0.25) is 14.9 Å². The molecule has 0 bridgehead atoms. The lowest BCUT2D eigenvalue weighted by Gasteiger charge is -2.08. The number of aliphatic hydroxyl groups is 1. The number of nitrogens with one attached hydrogen (secondary N) is 1. The minimum Gasteiger partial charge on any atom is -0.378 e. The van der Waals surface area contributed by atoms with Crippen LogP contribution in [-0.2, 0) is 4.79 Å². The van der Waals surface area contributed by atoms with Crippen molar-refractivity contribution in [3.8, 4) is 0 Å². The summed E-state index contributed by atoms with van der Waals surface area (Å²) in [6.07, 6.45) is -0.0335. The van der Waals surface area contributed by atoms with Crippen LogP contribution in [0.2, 0.25) is 0 Å². The Morgan fingerprint density at radius 3 is 2.67 bits per heavy atom. The van der Waals surface area contributed by atoms with Gasteiger partial charge in [-0.05, 0) is 11.6 Å². The van der Waals surface area contributed by atoms with E-state index >= 15 is 0 Å². The van der Waals surface area contributed by atoms with E-state index in [4.69, 9.17) is 0 Å². The monoisotopic (exact) mass is 305 g/mol. The number of thiophene rings is 1. The van der Waals surface area contributed by atoms with Gasteiger partial charge < -0.3 is 5.11 Å². The smallest absolute Gasteiger partial charge is 0.324 e. The van der Waals surface area contributed by atoms with E-state index in [0.717, 1.165) is 11.3 Å². The van der Waals surface area contributed by atoms with Crippen molar-refractivity contribution in [2.24, 2.45) is 5.10 Å². The first-order valence-electron chi connectivity index (χ1n) is 5.88. The van der Waals surface area contributed by atoms with Crippen LogP contribution in [0, 0.1) is 10.1 Å². The van der Waals surface area contributed by atoms with Crippen molar-refractivity contribution in [3.63, 3.8) is 0 Å². The molecule has 2 N–H and O–H groups in total. The zero-order chi connectivity index (χ0) is 15.2. The summed E-state index contributed by atoms with van der Waals surface area (Å²) in [4.78, 5) is 22.2. The van der Waals surface area contributed by atoms with Crippen LogP contribution in [-0.4, -0.2) is 22.2 Å². The Morgan fingerprint density at radius 1 is 1.33 bits per heavy atom. The van der Waals surface area contributed by atoms with Crippen molar-refractivity contribution in [1.82, 2.24) is 5.43 Å². The molecule has 8 heteroatoms. The molecule has 1 aromatic heterocycles. The molecule has 0 unspecified atom stereocenters. The van der Waals surface area contributed by atoms with Crippen molar-refractivity contribution < 1.29 is 14.8 Å². The molecular weight excluding hydrogens is 294 g/mol. The van der Waals surface area contributed by atoms with Gasteiger partial charge in [0.05, 0.1) is 16.0 Å². The molecule has 108 valence electrons. The fourth-order valence-corrected chi connectivity index (χ4v) is 2.21. The fourth-order valence-electron chi connectivity index (χ4n) is 1.52. The number of hydrogen-bond donors (Lipinski definition) is 2. The number of nitrogens with zero attached hydrogens (tertiary/aromatic N) is 2. The van der Waals surface area contributed by atoms with Crippen LogP contribution in [0.3, 0.4) is 0 Å². The summed E-state index contributed by atoms with van der Waals surface area (Å²) < 4.78 is 0. The molecule has 1 atom stereocenters. The van der Waals surface area contributed by atoms with Crippen molar-refractivity contribution in [2.75, 3.05) is 0 Å². The first kappa shape index (κ1) is 14.8. The van der Waals surface area contributed by atoms with E-state index in [9.17, 15) is 20.0 Å². The standard InChI is InChI=1S/C13H11N3O4S/c17-12(9-4-2-1-3-5-9)13(18)15-14-8-10-6-7-11(21-10)16(19)20/h1-8,12,17H,(H,15,18)/b14-8-/t12-/m0/s1. The maximum atomic E-state index is 11.7. The predicted molar refractivity (Wildman–Crippen MR) is 78.1 cm³/mol. The second-order valence-corrected chi connectivity index (χ2v) is 5.07. The Balaban J connectivity index is 1.94. The molecule has 0 aliphatic heterocycles. The summed E-state index contributed by atoms with van der Waals surface area (Å²) in [6.45, 7) is 0. The largest absolute Gasteiger partial charge is 0.378 e. The first-order chi connectivity index (χ1) is 10.1. The lowest BCUT2D eigenvalue weighted by Crippen LogP contribution is -2.25. The summed E-state index contributed by atoms with van der Waals surface area (Å²) in [6, 6.07) is 11.3. The van der Waals surface area contributed by atoms with E-state index in [0.29, 0.717) is 10.4 Å². The molecule has 1 aromatic carbocycles. The normalized spacial score (nSPS) is 12.2. The van der Waals surface area contributed by atoms with Crippen LogP contribution >= 0.6 is 11.3 Å². The van der Waals surface area contributed by atoms with E-state index in [1.165, 1.54) is 18.3 Å². The van der Waals surface area contributed by atoms with Gasteiger partial charge in [0.2, 0.25) is 0 Å². The predicted octanol–water partition coefficient (Wildman–Crippen LogP) is 1.84. The van der Waals surface area contributed by atoms with Crippen LogP contribution in [0.15, 0.2) is 47.6 Å². The van der Waals surface area contributed by atoms with E-state index in [1.807, 2.05) is 0 Å². The summed E-state index contributed by atoms with van der Waals surface area (Å²) in [5, 5.41) is 24.0. The SMILES string of the molecule is O=C(N/N=C\c1ccc([N+](=O)[O-])s1)[C@@H](O)c1ccccc1. The number of carbonyl (C=O) groups is 1. The number of rotatable bonds is 5.